The van der Waals surface area contributed by atoms with Gasteiger partial charge in [-0.05, 0) is 25.1 Å². The molecule has 0 amide bonds. The summed E-state index contributed by atoms with van der Waals surface area (Å²) in [7, 11) is 0. The number of benzene rings is 1. The summed E-state index contributed by atoms with van der Waals surface area (Å²) in [6, 6.07) is 1.80. The normalized spacial score (nSPS) is 10.9. The van der Waals surface area contributed by atoms with Crippen LogP contribution in [-0.2, 0) is 6.42 Å². The monoisotopic (exact) mass is 273 g/mol. The van der Waals surface area contributed by atoms with Crippen molar-refractivity contribution in [2.75, 3.05) is 6.54 Å². The smallest absolute Gasteiger partial charge is 0.261 e. The van der Waals surface area contributed by atoms with E-state index in [4.69, 9.17) is 21.9 Å². The second-order valence-electron chi connectivity index (χ2n) is 3.65. The number of nitrogens with zero attached hydrogens (tertiary/aromatic N) is 2. The van der Waals surface area contributed by atoms with Gasteiger partial charge in [0, 0.05) is 6.42 Å². The van der Waals surface area contributed by atoms with E-state index in [0.29, 0.717) is 25.2 Å². The van der Waals surface area contributed by atoms with Gasteiger partial charge in [0.15, 0.2) is 5.82 Å². The van der Waals surface area contributed by atoms with Crippen molar-refractivity contribution in [2.45, 2.75) is 12.8 Å². The minimum absolute atomic E-state index is 0.0740. The minimum Gasteiger partial charge on any atom is -0.334 e. The summed E-state index contributed by atoms with van der Waals surface area (Å²) in [6.07, 6.45) is 1.22. The van der Waals surface area contributed by atoms with Crippen molar-refractivity contribution in [1.82, 2.24) is 10.1 Å². The lowest BCUT2D eigenvalue weighted by Gasteiger charge is -1.99. The van der Waals surface area contributed by atoms with Crippen LogP contribution in [0.4, 0.5) is 8.78 Å². The lowest BCUT2D eigenvalue weighted by atomic mass is 10.2. The summed E-state index contributed by atoms with van der Waals surface area (Å²) in [5.41, 5.74) is 5.24. The number of nitrogens with two attached hydrogens (primary N) is 1. The first-order chi connectivity index (χ1) is 8.61. The van der Waals surface area contributed by atoms with Crippen LogP contribution in [0, 0.1) is 11.6 Å². The summed E-state index contributed by atoms with van der Waals surface area (Å²) in [4.78, 5) is 3.97. The van der Waals surface area contributed by atoms with Crippen molar-refractivity contribution >= 4 is 11.6 Å². The molecule has 0 saturated carbocycles. The van der Waals surface area contributed by atoms with Crippen LogP contribution in [-0.4, -0.2) is 16.7 Å². The van der Waals surface area contributed by atoms with Crippen LogP contribution in [0.25, 0.3) is 11.5 Å². The molecule has 0 spiro atoms. The molecule has 1 heterocycles. The van der Waals surface area contributed by atoms with E-state index in [9.17, 15) is 8.78 Å². The Morgan fingerprint density at radius 2 is 2.06 bits per heavy atom. The second kappa shape index (κ2) is 5.41. The van der Waals surface area contributed by atoms with Gasteiger partial charge in [0.05, 0.1) is 10.6 Å². The van der Waals surface area contributed by atoms with Crippen molar-refractivity contribution in [2.24, 2.45) is 5.73 Å². The Kier molecular flexibility index (Phi) is 3.88. The molecule has 7 heteroatoms. The Bertz CT molecular complexity index is 559. The van der Waals surface area contributed by atoms with Gasteiger partial charge in [0.25, 0.3) is 5.89 Å². The fourth-order valence-electron chi connectivity index (χ4n) is 1.41. The number of rotatable bonds is 4. The highest BCUT2D eigenvalue weighted by molar-refractivity contribution is 6.30. The highest BCUT2D eigenvalue weighted by Gasteiger charge is 2.16. The molecule has 18 heavy (non-hydrogen) atoms. The Morgan fingerprint density at radius 3 is 2.78 bits per heavy atom. The lowest BCUT2D eigenvalue weighted by Crippen LogP contribution is -2.01. The number of halogens is 3. The molecule has 0 aliphatic rings. The van der Waals surface area contributed by atoms with E-state index < -0.39 is 11.6 Å². The van der Waals surface area contributed by atoms with Crippen LogP contribution < -0.4 is 5.73 Å². The molecule has 4 nitrogen and oxygen atoms in total. The molecule has 2 N–H and O–H groups in total. The lowest BCUT2D eigenvalue weighted by molar-refractivity contribution is 0.419. The van der Waals surface area contributed by atoms with E-state index in [-0.39, 0.29) is 16.5 Å². The molecule has 2 aromatic rings. The van der Waals surface area contributed by atoms with Crippen LogP contribution >= 0.6 is 11.6 Å². The third-order valence-electron chi connectivity index (χ3n) is 2.31. The Balaban J connectivity index is 2.31. The van der Waals surface area contributed by atoms with Crippen molar-refractivity contribution in [3.05, 3.63) is 34.6 Å². The average Bonchev–Trinajstić information content (AvgIpc) is 2.79. The summed E-state index contributed by atoms with van der Waals surface area (Å²) in [5.74, 6) is -1.12. The van der Waals surface area contributed by atoms with Crippen LogP contribution in [0.2, 0.25) is 5.02 Å². The van der Waals surface area contributed by atoms with Gasteiger partial charge in [-0.15, -0.1) is 0 Å². The van der Waals surface area contributed by atoms with Gasteiger partial charge < -0.3 is 10.3 Å². The molecule has 1 aromatic carbocycles. The minimum atomic E-state index is -0.741. The SMILES string of the molecule is NCCCc1noc(-c2cc(F)c(Cl)cc2F)n1. The third kappa shape index (κ3) is 2.65. The number of hydrogen-bond acceptors (Lipinski definition) is 4. The van der Waals surface area contributed by atoms with E-state index in [2.05, 4.69) is 10.1 Å². The summed E-state index contributed by atoms with van der Waals surface area (Å²) in [5, 5.41) is 3.37. The quantitative estimate of drug-likeness (QED) is 0.870. The first-order valence-corrected chi connectivity index (χ1v) is 5.67. The zero-order chi connectivity index (χ0) is 13.1. The maximum absolute atomic E-state index is 13.6. The molecule has 2 rings (SSSR count). The van der Waals surface area contributed by atoms with E-state index in [1.54, 1.807) is 0 Å². The Labute approximate surface area is 107 Å². The van der Waals surface area contributed by atoms with Crippen LogP contribution in [0.1, 0.15) is 12.2 Å². The van der Waals surface area contributed by atoms with Gasteiger partial charge in [-0.3, -0.25) is 0 Å². The van der Waals surface area contributed by atoms with Gasteiger partial charge in [0.1, 0.15) is 11.6 Å². The fraction of sp³-hybridized carbons (Fsp3) is 0.273. The maximum atomic E-state index is 13.6. The number of aromatic nitrogens is 2. The van der Waals surface area contributed by atoms with Gasteiger partial charge in [-0.2, -0.15) is 4.98 Å². The highest BCUT2D eigenvalue weighted by Crippen LogP contribution is 2.26. The largest absolute Gasteiger partial charge is 0.334 e. The van der Waals surface area contributed by atoms with Gasteiger partial charge in [0.2, 0.25) is 0 Å². The molecule has 0 unspecified atom stereocenters. The van der Waals surface area contributed by atoms with E-state index >= 15 is 0 Å². The second-order valence-corrected chi connectivity index (χ2v) is 4.06. The molecule has 1 aromatic heterocycles. The highest BCUT2D eigenvalue weighted by atomic mass is 35.5. The number of aryl methyl sites for hydroxylation is 1. The Morgan fingerprint density at radius 1 is 1.28 bits per heavy atom. The third-order valence-corrected chi connectivity index (χ3v) is 2.60. The standard InChI is InChI=1S/C11H10ClF2N3O/c12-7-5-8(13)6(4-9(7)14)11-16-10(17-18-11)2-1-3-15/h4-5H,1-3,15H2. The molecular formula is C11H10ClF2N3O. The topological polar surface area (TPSA) is 64.9 Å². The molecule has 0 aliphatic heterocycles. The first-order valence-electron chi connectivity index (χ1n) is 5.29. The van der Waals surface area contributed by atoms with Gasteiger partial charge in [-0.1, -0.05) is 16.8 Å². The Hall–Kier alpha value is -1.53. The maximum Gasteiger partial charge on any atom is 0.261 e. The summed E-state index contributed by atoms with van der Waals surface area (Å²) < 4.78 is 31.7. The molecule has 0 atom stereocenters. The summed E-state index contributed by atoms with van der Waals surface area (Å²) >= 11 is 5.45. The van der Waals surface area contributed by atoms with E-state index in [1.165, 1.54) is 0 Å². The summed E-state index contributed by atoms with van der Waals surface area (Å²) in [6.45, 7) is 0.494. The molecule has 96 valence electrons. The first kappa shape index (κ1) is 12.9. The van der Waals surface area contributed by atoms with Crippen molar-refractivity contribution in [3.8, 4) is 11.5 Å². The predicted molar refractivity (Wildman–Crippen MR) is 62.0 cm³/mol. The molecule has 0 saturated heterocycles. The zero-order valence-corrected chi connectivity index (χ0v) is 10.0. The van der Waals surface area contributed by atoms with Gasteiger partial charge >= 0.3 is 0 Å². The number of hydrogen-bond donors (Lipinski definition) is 1. The van der Waals surface area contributed by atoms with Crippen molar-refractivity contribution < 1.29 is 13.3 Å². The zero-order valence-electron chi connectivity index (χ0n) is 9.29. The molecule has 0 bridgehead atoms. The van der Waals surface area contributed by atoms with Crippen molar-refractivity contribution in [3.63, 3.8) is 0 Å². The fourth-order valence-corrected chi connectivity index (χ4v) is 1.56. The average molecular weight is 274 g/mol. The molecule has 0 aliphatic carbocycles. The predicted octanol–water partition coefficient (Wildman–Crippen LogP) is 2.56. The van der Waals surface area contributed by atoms with Crippen LogP contribution in [0.5, 0.6) is 0 Å². The van der Waals surface area contributed by atoms with Gasteiger partial charge in [-0.25, -0.2) is 8.78 Å². The van der Waals surface area contributed by atoms with Crippen LogP contribution in [0.3, 0.4) is 0 Å². The molecule has 0 fully saturated rings. The van der Waals surface area contributed by atoms with E-state index in [0.717, 1.165) is 12.1 Å². The van der Waals surface area contributed by atoms with Crippen LogP contribution in [0.15, 0.2) is 16.7 Å². The van der Waals surface area contributed by atoms with Crippen molar-refractivity contribution in [1.29, 1.82) is 0 Å². The van der Waals surface area contributed by atoms with E-state index in [1.807, 2.05) is 0 Å². The molecule has 0 radical (unpaired) electrons. The molecular weight excluding hydrogens is 264 g/mol.